The number of nitrogens with one attached hydrogen (secondary N) is 1. The zero-order valence-corrected chi connectivity index (χ0v) is 9.78. The topological polar surface area (TPSA) is 32.3 Å². The molecular formula is C9H20N2OS. The van der Waals surface area contributed by atoms with Gasteiger partial charge in [-0.05, 0) is 24.5 Å². The molecule has 0 aromatic rings. The second kappa shape index (κ2) is 7.21. The van der Waals surface area contributed by atoms with Gasteiger partial charge in [0.25, 0.3) is 0 Å². The molecule has 0 fully saturated rings. The van der Waals surface area contributed by atoms with Crippen LogP contribution in [-0.2, 0) is 4.79 Å². The summed E-state index contributed by atoms with van der Waals surface area (Å²) in [6, 6.07) is 0. The fourth-order valence-corrected chi connectivity index (χ4v) is 1.61. The number of thioether (sulfide) groups is 1. The van der Waals surface area contributed by atoms with Gasteiger partial charge in [-0.2, -0.15) is 11.8 Å². The van der Waals surface area contributed by atoms with Crippen molar-refractivity contribution in [2.45, 2.75) is 6.92 Å². The summed E-state index contributed by atoms with van der Waals surface area (Å²) in [6.45, 7) is 3.55. The molecule has 0 saturated carbocycles. The summed E-state index contributed by atoms with van der Waals surface area (Å²) in [5, 5.41) is 3.15. The van der Waals surface area contributed by atoms with Crippen molar-refractivity contribution in [3.63, 3.8) is 0 Å². The summed E-state index contributed by atoms with van der Waals surface area (Å²) in [6.07, 6.45) is 2.10. The molecule has 1 amide bonds. The zero-order valence-electron chi connectivity index (χ0n) is 8.96. The van der Waals surface area contributed by atoms with Gasteiger partial charge in [-0.25, -0.2) is 0 Å². The van der Waals surface area contributed by atoms with E-state index in [0.717, 1.165) is 12.3 Å². The Morgan fingerprint density at radius 3 is 2.62 bits per heavy atom. The van der Waals surface area contributed by atoms with Crippen molar-refractivity contribution in [3.8, 4) is 0 Å². The normalized spacial score (nSPS) is 12.6. The van der Waals surface area contributed by atoms with Gasteiger partial charge in [-0.3, -0.25) is 4.79 Å². The first-order valence-electron chi connectivity index (χ1n) is 4.47. The highest BCUT2D eigenvalue weighted by Crippen LogP contribution is 2.02. The summed E-state index contributed by atoms with van der Waals surface area (Å²) in [5.74, 6) is 1.91. The molecule has 0 aliphatic rings. The Morgan fingerprint density at radius 2 is 2.15 bits per heavy atom. The number of hydrogen-bond donors (Lipinski definition) is 1. The lowest BCUT2D eigenvalue weighted by Gasteiger charge is -2.13. The third-order valence-corrected chi connectivity index (χ3v) is 2.62. The molecule has 0 aliphatic carbocycles. The van der Waals surface area contributed by atoms with E-state index in [1.54, 1.807) is 19.0 Å². The van der Waals surface area contributed by atoms with Crippen molar-refractivity contribution >= 4 is 17.7 Å². The van der Waals surface area contributed by atoms with Crippen molar-refractivity contribution in [2.24, 2.45) is 5.92 Å². The lowest BCUT2D eigenvalue weighted by Crippen LogP contribution is -2.35. The summed E-state index contributed by atoms with van der Waals surface area (Å²) in [4.78, 5) is 12.7. The van der Waals surface area contributed by atoms with Crippen LogP contribution in [0.1, 0.15) is 6.92 Å². The van der Waals surface area contributed by atoms with Crippen molar-refractivity contribution in [1.82, 2.24) is 10.2 Å². The number of hydrogen-bond acceptors (Lipinski definition) is 3. The van der Waals surface area contributed by atoms with E-state index in [-0.39, 0.29) is 5.91 Å². The van der Waals surface area contributed by atoms with Crippen LogP contribution < -0.4 is 5.32 Å². The molecule has 1 N–H and O–H groups in total. The summed E-state index contributed by atoms with van der Waals surface area (Å²) >= 11 is 1.84. The first kappa shape index (κ1) is 12.8. The highest BCUT2D eigenvalue weighted by Gasteiger charge is 2.04. The summed E-state index contributed by atoms with van der Waals surface area (Å²) in [7, 11) is 3.55. The van der Waals surface area contributed by atoms with Crippen LogP contribution in [0.2, 0.25) is 0 Å². The fourth-order valence-electron chi connectivity index (χ4n) is 0.927. The molecule has 1 unspecified atom stereocenters. The van der Waals surface area contributed by atoms with Gasteiger partial charge in [0.15, 0.2) is 0 Å². The van der Waals surface area contributed by atoms with Gasteiger partial charge in [-0.15, -0.1) is 0 Å². The minimum Gasteiger partial charge on any atom is -0.348 e. The Kier molecular flexibility index (Phi) is 7.09. The minimum atomic E-state index is 0.136. The van der Waals surface area contributed by atoms with E-state index in [2.05, 4.69) is 18.5 Å². The highest BCUT2D eigenvalue weighted by molar-refractivity contribution is 7.98. The average molecular weight is 204 g/mol. The lowest BCUT2D eigenvalue weighted by atomic mass is 10.2. The molecule has 13 heavy (non-hydrogen) atoms. The van der Waals surface area contributed by atoms with Crippen LogP contribution in [0.25, 0.3) is 0 Å². The first-order valence-corrected chi connectivity index (χ1v) is 5.87. The highest BCUT2D eigenvalue weighted by atomic mass is 32.2. The van der Waals surface area contributed by atoms with Crippen LogP contribution in [0, 0.1) is 5.92 Å². The monoisotopic (exact) mass is 204 g/mol. The van der Waals surface area contributed by atoms with Crippen molar-refractivity contribution in [3.05, 3.63) is 0 Å². The molecule has 0 aromatic carbocycles. The Labute approximate surface area is 85.3 Å². The molecule has 0 radical (unpaired) electrons. The van der Waals surface area contributed by atoms with Gasteiger partial charge in [0.1, 0.15) is 0 Å². The van der Waals surface area contributed by atoms with E-state index in [4.69, 9.17) is 0 Å². The van der Waals surface area contributed by atoms with Crippen LogP contribution in [0.5, 0.6) is 0 Å². The quantitative estimate of drug-likeness (QED) is 0.690. The Morgan fingerprint density at radius 1 is 1.54 bits per heavy atom. The molecule has 1 atom stereocenters. The molecular weight excluding hydrogens is 184 g/mol. The van der Waals surface area contributed by atoms with E-state index in [9.17, 15) is 4.79 Å². The third kappa shape index (κ3) is 6.90. The molecule has 3 nitrogen and oxygen atoms in total. The van der Waals surface area contributed by atoms with E-state index in [1.165, 1.54) is 0 Å². The van der Waals surface area contributed by atoms with Gasteiger partial charge in [0.05, 0.1) is 6.54 Å². The number of carbonyl (C=O) groups is 1. The fraction of sp³-hybridized carbons (Fsp3) is 0.889. The molecule has 0 heterocycles. The summed E-state index contributed by atoms with van der Waals surface area (Å²) in [5.41, 5.74) is 0. The lowest BCUT2D eigenvalue weighted by molar-refractivity contribution is -0.127. The van der Waals surface area contributed by atoms with Gasteiger partial charge >= 0.3 is 0 Å². The average Bonchev–Trinajstić information content (AvgIpc) is 2.04. The van der Waals surface area contributed by atoms with E-state index in [1.807, 2.05) is 11.8 Å². The van der Waals surface area contributed by atoms with Gasteiger partial charge < -0.3 is 10.2 Å². The largest absolute Gasteiger partial charge is 0.348 e. The SMILES string of the molecule is CSCC(C)CNCC(=O)N(C)C. The maximum Gasteiger partial charge on any atom is 0.236 e. The maximum absolute atomic E-state index is 11.1. The van der Waals surface area contributed by atoms with Gasteiger partial charge in [-0.1, -0.05) is 6.92 Å². The number of nitrogens with zero attached hydrogens (tertiary/aromatic N) is 1. The standard InChI is InChI=1S/C9H20N2OS/c1-8(7-13-4)5-10-6-9(12)11(2)3/h8,10H,5-7H2,1-4H3. The zero-order chi connectivity index (χ0) is 10.3. The van der Waals surface area contributed by atoms with E-state index < -0.39 is 0 Å². The Bertz CT molecular complexity index is 151. The predicted molar refractivity (Wildman–Crippen MR) is 59.1 cm³/mol. The van der Waals surface area contributed by atoms with Gasteiger partial charge in [0, 0.05) is 14.1 Å². The molecule has 0 aromatic heterocycles. The number of amides is 1. The van der Waals surface area contributed by atoms with Crippen LogP contribution >= 0.6 is 11.8 Å². The van der Waals surface area contributed by atoms with E-state index in [0.29, 0.717) is 12.5 Å². The molecule has 0 spiro atoms. The molecule has 4 heteroatoms. The van der Waals surface area contributed by atoms with Gasteiger partial charge in [0.2, 0.25) is 5.91 Å². The van der Waals surface area contributed by atoms with Crippen molar-refractivity contribution < 1.29 is 4.79 Å². The summed E-state index contributed by atoms with van der Waals surface area (Å²) < 4.78 is 0. The second-order valence-corrected chi connectivity index (χ2v) is 4.39. The number of likely N-dealkylation sites (N-methyl/N-ethyl adjacent to an activating group) is 1. The second-order valence-electron chi connectivity index (χ2n) is 3.48. The maximum atomic E-state index is 11.1. The first-order chi connectivity index (χ1) is 6.07. The van der Waals surface area contributed by atoms with Crippen LogP contribution in [0.4, 0.5) is 0 Å². The minimum absolute atomic E-state index is 0.136. The Hall–Kier alpha value is -0.220. The van der Waals surface area contributed by atoms with Crippen molar-refractivity contribution in [1.29, 1.82) is 0 Å². The molecule has 78 valence electrons. The van der Waals surface area contributed by atoms with E-state index >= 15 is 0 Å². The van der Waals surface area contributed by atoms with Crippen molar-refractivity contribution in [2.75, 3.05) is 39.2 Å². The smallest absolute Gasteiger partial charge is 0.236 e. The molecule has 0 bridgehead atoms. The molecule has 0 aliphatic heterocycles. The number of carbonyl (C=O) groups excluding carboxylic acids is 1. The van der Waals surface area contributed by atoms with Crippen LogP contribution in [0.3, 0.4) is 0 Å². The Balaban J connectivity index is 3.39. The van der Waals surface area contributed by atoms with Crippen LogP contribution in [0.15, 0.2) is 0 Å². The van der Waals surface area contributed by atoms with Crippen LogP contribution in [-0.4, -0.2) is 50.0 Å². The number of rotatable bonds is 6. The molecule has 0 rings (SSSR count). The molecule has 0 saturated heterocycles. The predicted octanol–water partition coefficient (Wildman–Crippen LogP) is 0.663. The third-order valence-electron chi connectivity index (χ3n) is 1.72.